The van der Waals surface area contributed by atoms with Crippen LogP contribution in [0.3, 0.4) is 0 Å². The summed E-state index contributed by atoms with van der Waals surface area (Å²) in [6.07, 6.45) is 8.91. The summed E-state index contributed by atoms with van der Waals surface area (Å²) in [5.74, 6) is 1.08. The molecule has 0 aliphatic carbocycles. The molecule has 276 valence electrons. The van der Waals surface area contributed by atoms with E-state index in [-0.39, 0.29) is 5.91 Å². The van der Waals surface area contributed by atoms with E-state index in [9.17, 15) is 4.79 Å². The minimum atomic E-state index is -0.453. The Morgan fingerprint density at radius 1 is 0.923 bits per heavy atom. The number of allylic oxidation sites excluding steroid dienone is 3. The van der Waals surface area contributed by atoms with Crippen LogP contribution in [0.1, 0.15) is 39.3 Å². The van der Waals surface area contributed by atoms with E-state index in [1.807, 2.05) is 131 Å². The fourth-order valence-electron chi connectivity index (χ4n) is 4.58. The second kappa shape index (κ2) is 26.4. The van der Waals surface area contributed by atoms with Gasteiger partial charge in [0.25, 0.3) is 0 Å². The van der Waals surface area contributed by atoms with Gasteiger partial charge in [-0.2, -0.15) is 0 Å². The third-order valence-electron chi connectivity index (χ3n) is 7.37. The van der Waals surface area contributed by atoms with Crippen molar-refractivity contribution in [2.75, 3.05) is 57.1 Å². The maximum atomic E-state index is 13.3. The number of rotatable bonds is 13. The summed E-state index contributed by atoms with van der Waals surface area (Å²) in [5, 5.41) is 12.5. The SMILES string of the molecule is C/C=C\C.C=C/C=N\C(=C)NC.CC.O=C(Nc1ccc(-c2ccnc(Nc3ccccc3)n2)cc1)C(NCCN1CCOCC1)c1ccccc1. The first-order valence-corrected chi connectivity index (χ1v) is 17.7. The van der Waals surface area contributed by atoms with Crippen LogP contribution in [-0.4, -0.2) is 73.4 Å². The number of hydrogen-bond acceptors (Lipinski definition) is 9. The zero-order valence-electron chi connectivity index (χ0n) is 31.4. The molecule has 2 heterocycles. The minimum Gasteiger partial charge on any atom is -0.379 e. The van der Waals surface area contributed by atoms with Gasteiger partial charge in [0.2, 0.25) is 11.9 Å². The highest BCUT2D eigenvalue weighted by Gasteiger charge is 2.21. The zero-order valence-corrected chi connectivity index (χ0v) is 31.4. The van der Waals surface area contributed by atoms with Crippen molar-refractivity contribution >= 4 is 29.4 Å². The minimum absolute atomic E-state index is 0.0951. The normalized spacial score (nSPS) is 12.9. The van der Waals surface area contributed by atoms with Gasteiger partial charge in [0, 0.05) is 62.6 Å². The van der Waals surface area contributed by atoms with Crippen molar-refractivity contribution in [2.24, 2.45) is 4.99 Å². The van der Waals surface area contributed by atoms with E-state index < -0.39 is 6.04 Å². The molecule has 1 saturated heterocycles. The topological polar surface area (TPSA) is 116 Å². The first kappa shape index (κ1) is 42.7. The largest absolute Gasteiger partial charge is 0.379 e. The molecule has 0 spiro atoms. The molecule has 52 heavy (non-hydrogen) atoms. The van der Waals surface area contributed by atoms with Crippen molar-refractivity contribution in [1.29, 1.82) is 0 Å². The van der Waals surface area contributed by atoms with Crippen LogP contribution in [0.4, 0.5) is 17.3 Å². The number of hydrogen-bond donors (Lipinski definition) is 4. The number of aromatic nitrogens is 2. The number of ether oxygens (including phenoxy) is 1. The summed E-state index contributed by atoms with van der Waals surface area (Å²) in [4.78, 5) is 28.5. The van der Waals surface area contributed by atoms with Crippen LogP contribution in [0.5, 0.6) is 0 Å². The number of aliphatic imine (C=N–C) groups is 1. The van der Waals surface area contributed by atoms with Gasteiger partial charge in [0.1, 0.15) is 11.9 Å². The van der Waals surface area contributed by atoms with Gasteiger partial charge in [-0.3, -0.25) is 9.69 Å². The number of morpholine rings is 1. The number of nitrogens with zero attached hydrogens (tertiary/aromatic N) is 4. The van der Waals surface area contributed by atoms with E-state index in [4.69, 9.17) is 4.74 Å². The molecule has 10 heteroatoms. The zero-order chi connectivity index (χ0) is 37.8. The van der Waals surface area contributed by atoms with E-state index in [1.165, 1.54) is 0 Å². The highest BCUT2D eigenvalue weighted by atomic mass is 16.5. The molecule has 1 aliphatic rings. The molecule has 5 rings (SSSR count). The number of para-hydroxylation sites is 1. The molecule has 1 fully saturated rings. The lowest BCUT2D eigenvalue weighted by atomic mass is 10.1. The molecule has 1 aliphatic heterocycles. The third-order valence-corrected chi connectivity index (χ3v) is 7.37. The van der Waals surface area contributed by atoms with Gasteiger partial charge in [0.15, 0.2) is 0 Å². The van der Waals surface area contributed by atoms with Gasteiger partial charge in [-0.05, 0) is 49.7 Å². The van der Waals surface area contributed by atoms with Crippen LogP contribution in [-0.2, 0) is 9.53 Å². The molecule has 0 radical (unpaired) electrons. The summed E-state index contributed by atoms with van der Waals surface area (Å²) in [6.45, 7) is 20.0. The van der Waals surface area contributed by atoms with Crippen molar-refractivity contribution in [3.63, 3.8) is 0 Å². The molecule has 0 bridgehead atoms. The van der Waals surface area contributed by atoms with Crippen molar-refractivity contribution < 1.29 is 9.53 Å². The summed E-state index contributed by atoms with van der Waals surface area (Å²) in [6, 6.07) is 28.8. The lowest BCUT2D eigenvalue weighted by molar-refractivity contribution is -0.118. The van der Waals surface area contributed by atoms with Crippen LogP contribution < -0.4 is 21.3 Å². The first-order chi connectivity index (χ1) is 25.5. The van der Waals surface area contributed by atoms with E-state index in [2.05, 4.69) is 54.3 Å². The Morgan fingerprint density at radius 2 is 1.56 bits per heavy atom. The predicted octanol–water partition coefficient (Wildman–Crippen LogP) is 8.03. The number of nitrogens with one attached hydrogen (secondary N) is 4. The quantitative estimate of drug-likeness (QED) is 0.0817. The molecular formula is C42H56N8O2. The monoisotopic (exact) mass is 704 g/mol. The van der Waals surface area contributed by atoms with E-state index in [0.29, 0.717) is 18.3 Å². The number of anilines is 3. The second-order valence-corrected chi connectivity index (χ2v) is 11.0. The molecule has 1 aromatic heterocycles. The number of carbonyl (C=O) groups is 1. The van der Waals surface area contributed by atoms with Crippen LogP contribution in [0.25, 0.3) is 11.3 Å². The van der Waals surface area contributed by atoms with Gasteiger partial charge >= 0.3 is 0 Å². The first-order valence-electron chi connectivity index (χ1n) is 17.7. The Hall–Kier alpha value is -5.42. The average molecular weight is 705 g/mol. The van der Waals surface area contributed by atoms with Gasteiger partial charge in [-0.1, -0.05) is 106 Å². The summed E-state index contributed by atoms with van der Waals surface area (Å²) in [7, 11) is 1.77. The molecule has 3 aromatic carbocycles. The molecule has 1 amide bonds. The van der Waals surface area contributed by atoms with E-state index >= 15 is 0 Å². The van der Waals surface area contributed by atoms with Gasteiger partial charge in [-0.15, -0.1) is 0 Å². The Balaban J connectivity index is 0.000000573. The Labute approximate surface area is 310 Å². The fraction of sp³-hybridized carbons (Fsp3) is 0.286. The average Bonchev–Trinajstić information content (AvgIpc) is 3.21. The number of carbonyl (C=O) groups excluding carboxylic acids is 1. The number of amides is 1. The molecule has 4 N–H and O–H groups in total. The number of benzene rings is 3. The molecule has 0 saturated carbocycles. The third kappa shape index (κ3) is 16.5. The maximum absolute atomic E-state index is 13.3. The molecular weight excluding hydrogens is 649 g/mol. The van der Waals surface area contributed by atoms with Crippen LogP contribution >= 0.6 is 0 Å². The highest BCUT2D eigenvalue weighted by molar-refractivity contribution is 5.95. The maximum Gasteiger partial charge on any atom is 0.246 e. The van der Waals surface area contributed by atoms with Crippen LogP contribution in [0, 0.1) is 0 Å². The van der Waals surface area contributed by atoms with Gasteiger partial charge in [-0.25, -0.2) is 15.0 Å². The summed E-state index contributed by atoms with van der Waals surface area (Å²) in [5.41, 5.74) is 4.32. The summed E-state index contributed by atoms with van der Waals surface area (Å²) >= 11 is 0. The van der Waals surface area contributed by atoms with Crippen LogP contribution in [0.15, 0.2) is 139 Å². The smallest absolute Gasteiger partial charge is 0.246 e. The lowest BCUT2D eigenvalue weighted by Gasteiger charge is -2.27. The van der Waals surface area contributed by atoms with E-state index in [0.717, 1.165) is 61.0 Å². The van der Waals surface area contributed by atoms with Gasteiger partial charge in [0.05, 0.1) is 18.9 Å². The Morgan fingerprint density at radius 3 is 2.15 bits per heavy atom. The van der Waals surface area contributed by atoms with Gasteiger partial charge < -0.3 is 26.0 Å². The van der Waals surface area contributed by atoms with Crippen molar-refractivity contribution in [1.82, 2.24) is 25.5 Å². The van der Waals surface area contributed by atoms with Crippen LogP contribution in [0.2, 0.25) is 0 Å². The standard InChI is InChI=1S/C30H32N6O2.C6H10N2.C4H8.C2H6/c37-29(28(24-7-3-1-4-8-24)31-17-18-36-19-21-38-22-20-36)33-26-13-11-23(12-14-26)27-15-16-32-30(35-27)34-25-9-5-2-6-10-25;1-4-5-8-6(2)7-3;1-3-4-2;1-2/h1-16,28,31H,17-22H2,(H,33,37)(H,32,34,35);4-5,7H,1-2H2,3H3;3-4H,1-2H3;1-2H3/b;8-5-;4-3-;. The molecule has 4 aromatic rings. The Kier molecular flexibility index (Phi) is 21.7. The highest BCUT2D eigenvalue weighted by Crippen LogP contribution is 2.23. The Bertz CT molecular complexity index is 1620. The predicted molar refractivity (Wildman–Crippen MR) is 219 cm³/mol. The van der Waals surface area contributed by atoms with Crippen molar-refractivity contribution in [3.05, 3.63) is 140 Å². The molecule has 1 unspecified atom stereocenters. The summed E-state index contributed by atoms with van der Waals surface area (Å²) < 4.78 is 5.43. The lowest BCUT2D eigenvalue weighted by Crippen LogP contribution is -2.42. The fourth-order valence-corrected chi connectivity index (χ4v) is 4.58. The molecule has 1 atom stereocenters. The molecule has 10 nitrogen and oxygen atoms in total. The second-order valence-electron chi connectivity index (χ2n) is 11.0. The van der Waals surface area contributed by atoms with E-state index in [1.54, 1.807) is 25.5 Å². The van der Waals surface area contributed by atoms with Crippen molar-refractivity contribution in [3.8, 4) is 11.3 Å². The van der Waals surface area contributed by atoms with Crippen molar-refractivity contribution in [2.45, 2.75) is 33.7 Å².